The fraction of sp³-hybridized carbons (Fsp3) is 0.286. The van der Waals surface area contributed by atoms with Gasteiger partial charge in [-0.25, -0.2) is 9.97 Å². The van der Waals surface area contributed by atoms with Crippen molar-refractivity contribution < 1.29 is 9.47 Å². The smallest absolute Gasteiger partial charge is 0.213 e. The van der Waals surface area contributed by atoms with Crippen molar-refractivity contribution in [3.63, 3.8) is 0 Å². The van der Waals surface area contributed by atoms with E-state index in [0.29, 0.717) is 25.6 Å². The van der Waals surface area contributed by atoms with E-state index in [9.17, 15) is 0 Å². The van der Waals surface area contributed by atoms with Crippen molar-refractivity contribution in [3.8, 4) is 5.88 Å². The highest BCUT2D eigenvalue weighted by Gasteiger charge is 2.01. The van der Waals surface area contributed by atoms with E-state index in [-0.39, 0.29) is 0 Å². The molecule has 2 aromatic heterocycles. The lowest BCUT2D eigenvalue weighted by molar-refractivity contribution is 0.143. The SMILES string of the molecule is COCCOc1ccc(CNc2ncccc2Br)cn1. The van der Waals surface area contributed by atoms with Gasteiger partial charge in [-0.2, -0.15) is 0 Å². The van der Waals surface area contributed by atoms with Crippen LogP contribution in [-0.2, 0) is 11.3 Å². The van der Waals surface area contributed by atoms with E-state index in [1.165, 1.54) is 0 Å². The third-order valence-corrected chi connectivity index (χ3v) is 3.19. The van der Waals surface area contributed by atoms with E-state index in [4.69, 9.17) is 9.47 Å². The highest BCUT2D eigenvalue weighted by atomic mass is 79.9. The molecule has 0 saturated carbocycles. The zero-order chi connectivity index (χ0) is 14.2. The van der Waals surface area contributed by atoms with Gasteiger partial charge in [0.05, 0.1) is 11.1 Å². The zero-order valence-corrected chi connectivity index (χ0v) is 12.8. The van der Waals surface area contributed by atoms with Gasteiger partial charge in [-0.1, -0.05) is 6.07 Å². The first-order valence-electron chi connectivity index (χ1n) is 6.20. The molecule has 0 atom stereocenters. The molecule has 2 aromatic rings. The summed E-state index contributed by atoms with van der Waals surface area (Å²) in [5.41, 5.74) is 1.06. The lowest BCUT2D eigenvalue weighted by Gasteiger charge is -2.08. The van der Waals surface area contributed by atoms with Crippen LogP contribution in [0.2, 0.25) is 0 Å². The summed E-state index contributed by atoms with van der Waals surface area (Å²) in [4.78, 5) is 8.48. The maximum absolute atomic E-state index is 5.41. The molecular formula is C14H16BrN3O2. The lowest BCUT2D eigenvalue weighted by atomic mass is 10.3. The maximum Gasteiger partial charge on any atom is 0.213 e. The number of aromatic nitrogens is 2. The summed E-state index contributed by atoms with van der Waals surface area (Å²) < 4.78 is 11.3. The second-order valence-corrected chi connectivity index (χ2v) is 4.89. The number of pyridine rings is 2. The minimum absolute atomic E-state index is 0.502. The molecule has 0 aliphatic rings. The van der Waals surface area contributed by atoms with E-state index >= 15 is 0 Å². The summed E-state index contributed by atoms with van der Waals surface area (Å²) in [5.74, 6) is 1.41. The Labute approximate surface area is 126 Å². The summed E-state index contributed by atoms with van der Waals surface area (Å²) in [6, 6.07) is 7.64. The number of anilines is 1. The van der Waals surface area contributed by atoms with Crippen molar-refractivity contribution in [2.45, 2.75) is 6.54 Å². The Morgan fingerprint density at radius 2 is 2.10 bits per heavy atom. The topological polar surface area (TPSA) is 56.3 Å². The molecule has 5 nitrogen and oxygen atoms in total. The van der Waals surface area contributed by atoms with Gasteiger partial charge in [0.15, 0.2) is 0 Å². The normalized spacial score (nSPS) is 10.3. The van der Waals surface area contributed by atoms with Gasteiger partial charge in [-0.05, 0) is 33.6 Å². The van der Waals surface area contributed by atoms with Crippen LogP contribution in [-0.4, -0.2) is 30.3 Å². The minimum atomic E-state index is 0.502. The first kappa shape index (κ1) is 14.7. The number of hydrogen-bond acceptors (Lipinski definition) is 5. The molecule has 106 valence electrons. The average Bonchev–Trinajstić information content (AvgIpc) is 2.48. The van der Waals surface area contributed by atoms with Crippen LogP contribution in [0.4, 0.5) is 5.82 Å². The molecule has 0 bridgehead atoms. The van der Waals surface area contributed by atoms with Crippen molar-refractivity contribution in [2.75, 3.05) is 25.6 Å². The number of halogens is 1. The van der Waals surface area contributed by atoms with Crippen LogP contribution >= 0.6 is 15.9 Å². The first-order chi connectivity index (χ1) is 9.79. The molecule has 0 aliphatic heterocycles. The minimum Gasteiger partial charge on any atom is -0.475 e. The molecule has 2 heterocycles. The third-order valence-electron chi connectivity index (χ3n) is 2.55. The second kappa shape index (κ2) is 7.81. The summed E-state index contributed by atoms with van der Waals surface area (Å²) in [6.07, 6.45) is 3.53. The molecule has 0 saturated heterocycles. The summed E-state index contributed by atoms with van der Waals surface area (Å²) in [6.45, 7) is 1.71. The number of rotatable bonds is 7. The Hall–Kier alpha value is -1.66. The van der Waals surface area contributed by atoms with Crippen LogP contribution in [0.3, 0.4) is 0 Å². The van der Waals surface area contributed by atoms with E-state index in [1.807, 2.05) is 24.3 Å². The molecular weight excluding hydrogens is 322 g/mol. The molecule has 0 amide bonds. The van der Waals surface area contributed by atoms with Crippen molar-refractivity contribution in [1.82, 2.24) is 9.97 Å². The van der Waals surface area contributed by atoms with Crippen molar-refractivity contribution in [1.29, 1.82) is 0 Å². The van der Waals surface area contributed by atoms with Crippen LogP contribution in [0.1, 0.15) is 5.56 Å². The molecule has 6 heteroatoms. The molecule has 0 aliphatic carbocycles. The van der Waals surface area contributed by atoms with Gasteiger partial charge in [0.2, 0.25) is 5.88 Å². The molecule has 0 unspecified atom stereocenters. The van der Waals surface area contributed by atoms with Crippen molar-refractivity contribution in [3.05, 3.63) is 46.7 Å². The molecule has 0 radical (unpaired) electrons. The van der Waals surface area contributed by atoms with Crippen LogP contribution in [0.15, 0.2) is 41.1 Å². The molecule has 0 spiro atoms. The van der Waals surface area contributed by atoms with Crippen LogP contribution < -0.4 is 10.1 Å². The summed E-state index contributed by atoms with van der Waals surface area (Å²) >= 11 is 3.44. The fourth-order valence-corrected chi connectivity index (χ4v) is 1.93. The monoisotopic (exact) mass is 337 g/mol. The fourth-order valence-electron chi connectivity index (χ4n) is 1.53. The van der Waals surface area contributed by atoms with Gasteiger partial charge in [-0.3, -0.25) is 0 Å². The summed E-state index contributed by atoms with van der Waals surface area (Å²) in [7, 11) is 1.64. The number of nitrogens with one attached hydrogen (secondary N) is 1. The predicted octanol–water partition coefficient (Wildman–Crippen LogP) is 2.88. The van der Waals surface area contributed by atoms with Gasteiger partial charge < -0.3 is 14.8 Å². The number of hydrogen-bond donors (Lipinski definition) is 1. The largest absolute Gasteiger partial charge is 0.475 e. The Bertz CT molecular complexity index is 534. The lowest BCUT2D eigenvalue weighted by Crippen LogP contribution is -2.06. The van der Waals surface area contributed by atoms with Crippen LogP contribution in [0, 0.1) is 0 Å². The maximum atomic E-state index is 5.41. The zero-order valence-electron chi connectivity index (χ0n) is 11.2. The van der Waals surface area contributed by atoms with Gasteiger partial charge in [0, 0.05) is 32.1 Å². The molecule has 2 rings (SSSR count). The molecule has 0 aromatic carbocycles. The Morgan fingerprint density at radius 3 is 2.80 bits per heavy atom. The Kier molecular flexibility index (Phi) is 5.76. The average molecular weight is 338 g/mol. The number of nitrogens with zero attached hydrogens (tertiary/aromatic N) is 2. The van der Waals surface area contributed by atoms with E-state index in [1.54, 1.807) is 19.5 Å². The highest BCUT2D eigenvalue weighted by Crippen LogP contribution is 2.19. The van der Waals surface area contributed by atoms with E-state index in [0.717, 1.165) is 15.9 Å². The van der Waals surface area contributed by atoms with Gasteiger partial charge in [0.25, 0.3) is 0 Å². The Balaban J connectivity index is 1.86. The Morgan fingerprint density at radius 1 is 1.20 bits per heavy atom. The van der Waals surface area contributed by atoms with Gasteiger partial charge >= 0.3 is 0 Å². The van der Waals surface area contributed by atoms with Crippen molar-refractivity contribution >= 4 is 21.7 Å². The van der Waals surface area contributed by atoms with E-state index < -0.39 is 0 Å². The number of methoxy groups -OCH3 is 1. The van der Waals surface area contributed by atoms with Crippen LogP contribution in [0.5, 0.6) is 5.88 Å². The molecule has 1 N–H and O–H groups in total. The molecule has 0 fully saturated rings. The standard InChI is InChI=1S/C14H16BrN3O2/c1-19-7-8-20-13-5-4-11(9-17-13)10-18-14-12(15)3-2-6-16-14/h2-6,9H,7-8,10H2,1H3,(H,16,18). The number of ether oxygens (including phenoxy) is 2. The quantitative estimate of drug-likeness (QED) is 0.787. The third kappa shape index (κ3) is 4.47. The highest BCUT2D eigenvalue weighted by molar-refractivity contribution is 9.10. The van der Waals surface area contributed by atoms with Gasteiger partial charge in [-0.15, -0.1) is 0 Å². The van der Waals surface area contributed by atoms with Crippen LogP contribution in [0.25, 0.3) is 0 Å². The van der Waals surface area contributed by atoms with E-state index in [2.05, 4.69) is 31.2 Å². The summed E-state index contributed by atoms with van der Waals surface area (Å²) in [5, 5.41) is 3.24. The second-order valence-electron chi connectivity index (χ2n) is 4.03. The first-order valence-corrected chi connectivity index (χ1v) is 7.00. The predicted molar refractivity (Wildman–Crippen MR) is 80.9 cm³/mol. The molecule has 20 heavy (non-hydrogen) atoms. The van der Waals surface area contributed by atoms with Crippen molar-refractivity contribution in [2.24, 2.45) is 0 Å². The van der Waals surface area contributed by atoms with Gasteiger partial charge in [0.1, 0.15) is 12.4 Å².